The van der Waals surface area contributed by atoms with Crippen LogP contribution in [0.25, 0.3) is 0 Å². The Bertz CT molecular complexity index is 322. The first-order valence-electron chi connectivity index (χ1n) is 5.50. The molecule has 0 nitrogen and oxygen atoms in total. The van der Waals surface area contributed by atoms with Gasteiger partial charge in [-0.2, -0.15) is 0 Å². The van der Waals surface area contributed by atoms with Crippen molar-refractivity contribution in [1.82, 2.24) is 0 Å². The fourth-order valence-electron chi connectivity index (χ4n) is 3.09. The van der Waals surface area contributed by atoms with Crippen LogP contribution in [0.4, 0.5) is 0 Å². The van der Waals surface area contributed by atoms with Crippen molar-refractivity contribution in [3.63, 3.8) is 0 Å². The predicted molar refractivity (Wildman–Crippen MR) is 62.4 cm³/mol. The van der Waals surface area contributed by atoms with E-state index in [-0.39, 0.29) is 0 Å². The standard InChI is InChI=1S/C10H15.3CH3.Zr/c1-7-6-10(4,5)9(3)8(7)2;;;;/h1-5H3;3*1H3;. The minimum absolute atomic E-state index is 0.350. The summed E-state index contributed by atoms with van der Waals surface area (Å²) in [6.45, 7) is 11.7. The molecule has 1 heteroatoms. The molecule has 0 aromatic heterocycles. The Morgan fingerprint density at radius 2 is 1.29 bits per heavy atom. The topological polar surface area (TPSA) is 0 Å². The average molecular weight is 272 g/mol. The van der Waals surface area contributed by atoms with Crippen LogP contribution in [0.5, 0.6) is 0 Å². The normalized spacial score (nSPS) is 22.3. The van der Waals surface area contributed by atoms with Gasteiger partial charge in [0, 0.05) is 0 Å². The van der Waals surface area contributed by atoms with E-state index in [1.54, 1.807) is 16.7 Å². The molecule has 0 heterocycles. The summed E-state index contributed by atoms with van der Waals surface area (Å²) in [7, 11) is 0. The van der Waals surface area contributed by atoms with Gasteiger partial charge in [0.15, 0.2) is 0 Å². The van der Waals surface area contributed by atoms with Crippen LogP contribution in [-0.2, 0) is 20.3 Å². The molecule has 14 heavy (non-hydrogen) atoms. The van der Waals surface area contributed by atoms with E-state index in [2.05, 4.69) is 48.5 Å². The molecule has 1 rings (SSSR count). The molecule has 0 saturated heterocycles. The first-order chi connectivity index (χ1) is 6.10. The van der Waals surface area contributed by atoms with E-state index >= 15 is 0 Å². The molecule has 1 aliphatic carbocycles. The van der Waals surface area contributed by atoms with Gasteiger partial charge in [-0.25, -0.2) is 0 Å². The second-order valence-corrected chi connectivity index (χ2v) is 18.4. The van der Waals surface area contributed by atoms with Gasteiger partial charge in [-0.1, -0.05) is 0 Å². The Balaban J connectivity index is 3.37. The SMILES string of the molecule is CC1=C(C)C(C)(C)[C]([Zr]([CH3])([CH3])[CH3])=C1C. The summed E-state index contributed by atoms with van der Waals surface area (Å²) in [4.78, 5) is 0. The van der Waals surface area contributed by atoms with Gasteiger partial charge in [0.25, 0.3) is 0 Å². The quantitative estimate of drug-likeness (QED) is 0.634. The van der Waals surface area contributed by atoms with Gasteiger partial charge in [-0.3, -0.25) is 0 Å². The second-order valence-electron chi connectivity index (χ2n) is 6.12. The van der Waals surface area contributed by atoms with Crippen molar-refractivity contribution in [3.8, 4) is 0 Å². The van der Waals surface area contributed by atoms with Crippen LogP contribution < -0.4 is 0 Å². The molecule has 80 valence electrons. The minimum atomic E-state index is -1.91. The first-order valence-corrected chi connectivity index (χ1v) is 14.1. The van der Waals surface area contributed by atoms with Crippen LogP contribution in [0.1, 0.15) is 34.6 Å². The molecular weight excluding hydrogens is 247 g/mol. The fourth-order valence-corrected chi connectivity index (χ4v) is 11.4. The summed E-state index contributed by atoms with van der Waals surface area (Å²) in [6, 6.07) is 0. The molecule has 0 aliphatic heterocycles. The van der Waals surface area contributed by atoms with Crippen molar-refractivity contribution >= 4 is 0 Å². The molecule has 0 bridgehead atoms. The third kappa shape index (κ3) is 1.73. The van der Waals surface area contributed by atoms with Crippen molar-refractivity contribution in [1.29, 1.82) is 0 Å². The summed E-state index contributed by atoms with van der Waals surface area (Å²) in [5.74, 6) is 0. The molecule has 0 saturated carbocycles. The molecule has 0 N–H and O–H groups in total. The third-order valence-electron chi connectivity index (χ3n) is 3.81. The number of allylic oxidation sites excluding steroid dienone is 4. The summed E-state index contributed by atoms with van der Waals surface area (Å²) < 4.78 is 9.41. The molecule has 0 radical (unpaired) electrons. The summed E-state index contributed by atoms with van der Waals surface area (Å²) >= 11 is -1.91. The second kappa shape index (κ2) is 3.44. The number of hydrogen-bond acceptors (Lipinski definition) is 0. The number of hydrogen-bond donors (Lipinski definition) is 0. The number of rotatable bonds is 1. The van der Waals surface area contributed by atoms with Gasteiger partial charge >= 0.3 is 94.2 Å². The van der Waals surface area contributed by atoms with Gasteiger partial charge in [0.05, 0.1) is 0 Å². The Morgan fingerprint density at radius 1 is 0.857 bits per heavy atom. The zero-order valence-corrected chi connectivity index (χ0v) is 13.5. The molecule has 0 atom stereocenters. The zero-order valence-electron chi connectivity index (χ0n) is 11.0. The van der Waals surface area contributed by atoms with Crippen molar-refractivity contribution in [2.75, 3.05) is 0 Å². The summed E-state index contributed by atoms with van der Waals surface area (Å²) in [6.07, 6.45) is 0. The van der Waals surface area contributed by atoms with Crippen LogP contribution in [0.3, 0.4) is 0 Å². The monoisotopic (exact) mass is 270 g/mol. The maximum atomic E-state index is 2.53. The van der Waals surface area contributed by atoms with Crippen molar-refractivity contribution in [3.05, 3.63) is 20.0 Å². The van der Waals surface area contributed by atoms with E-state index in [4.69, 9.17) is 0 Å². The van der Waals surface area contributed by atoms with Gasteiger partial charge in [0.1, 0.15) is 0 Å². The van der Waals surface area contributed by atoms with Gasteiger partial charge in [-0.05, 0) is 0 Å². The Morgan fingerprint density at radius 3 is 1.43 bits per heavy atom. The van der Waals surface area contributed by atoms with Gasteiger partial charge in [0.2, 0.25) is 0 Å². The third-order valence-corrected chi connectivity index (χ3v) is 9.96. The van der Waals surface area contributed by atoms with E-state index in [1.807, 2.05) is 3.28 Å². The molecule has 0 aromatic carbocycles. The van der Waals surface area contributed by atoms with Gasteiger partial charge < -0.3 is 0 Å². The van der Waals surface area contributed by atoms with Crippen LogP contribution in [0.2, 0.25) is 13.9 Å². The van der Waals surface area contributed by atoms with E-state index in [9.17, 15) is 0 Å². The van der Waals surface area contributed by atoms with Crippen molar-refractivity contribution in [2.24, 2.45) is 5.41 Å². The Labute approximate surface area is 93.9 Å². The maximum absolute atomic E-state index is 2.53. The average Bonchev–Trinajstić information content (AvgIpc) is 2.10. The van der Waals surface area contributed by atoms with Crippen LogP contribution >= 0.6 is 0 Å². The van der Waals surface area contributed by atoms with E-state index in [1.165, 1.54) is 0 Å². The predicted octanol–water partition coefficient (Wildman–Crippen LogP) is 4.93. The van der Waals surface area contributed by atoms with E-state index in [0.29, 0.717) is 5.41 Å². The van der Waals surface area contributed by atoms with E-state index in [0.717, 1.165) is 0 Å². The molecule has 0 aromatic rings. The Hall–Kier alpha value is 0.363. The summed E-state index contributed by atoms with van der Waals surface area (Å²) in [5, 5.41) is 0. The Kier molecular flexibility index (Phi) is 3.06. The fraction of sp³-hybridized carbons (Fsp3) is 0.692. The van der Waals surface area contributed by atoms with Crippen molar-refractivity contribution in [2.45, 2.75) is 48.5 Å². The van der Waals surface area contributed by atoms with Crippen LogP contribution in [-0.4, -0.2) is 0 Å². The molecule has 0 unspecified atom stereocenters. The molecule has 0 spiro atoms. The molecule has 0 amide bonds. The van der Waals surface area contributed by atoms with Crippen LogP contribution in [0, 0.1) is 5.41 Å². The summed E-state index contributed by atoms with van der Waals surface area (Å²) in [5.41, 5.74) is 5.10. The van der Waals surface area contributed by atoms with Gasteiger partial charge in [-0.15, -0.1) is 0 Å². The molecule has 1 aliphatic rings. The van der Waals surface area contributed by atoms with Crippen molar-refractivity contribution < 1.29 is 20.3 Å². The molecular formula is C13H24Zr. The molecule has 0 fully saturated rings. The first kappa shape index (κ1) is 12.4. The zero-order chi connectivity index (χ0) is 11.3. The van der Waals surface area contributed by atoms with Crippen LogP contribution in [0.15, 0.2) is 20.0 Å². The van der Waals surface area contributed by atoms with E-state index < -0.39 is 20.3 Å².